The Morgan fingerprint density at radius 2 is 1.90 bits per heavy atom. The Bertz CT molecular complexity index is 723. The summed E-state index contributed by atoms with van der Waals surface area (Å²) in [4.78, 5) is 28.0. The van der Waals surface area contributed by atoms with E-state index < -0.39 is 11.7 Å². The van der Waals surface area contributed by atoms with Gasteiger partial charge in [-0.15, -0.1) is 0 Å². The minimum Gasteiger partial charge on any atom is -0.324 e. The molecule has 0 spiro atoms. The van der Waals surface area contributed by atoms with Crippen molar-refractivity contribution < 1.29 is 9.18 Å². The third-order valence-corrected chi connectivity index (χ3v) is 3.15. The lowest BCUT2D eigenvalue weighted by Crippen LogP contribution is -2.34. The minimum atomic E-state index is -0.712. The van der Waals surface area contributed by atoms with Crippen molar-refractivity contribution in [2.24, 2.45) is 0 Å². The van der Waals surface area contributed by atoms with Crippen molar-refractivity contribution in [2.45, 2.75) is 26.8 Å². The molecule has 1 atom stereocenters. The van der Waals surface area contributed by atoms with Crippen LogP contribution in [-0.2, 0) is 4.79 Å². The van der Waals surface area contributed by atoms with Gasteiger partial charge in [-0.25, -0.2) is 9.18 Å². The molecule has 21 heavy (non-hydrogen) atoms. The van der Waals surface area contributed by atoms with Gasteiger partial charge >= 0.3 is 5.69 Å². The van der Waals surface area contributed by atoms with E-state index in [9.17, 15) is 14.0 Å². The van der Waals surface area contributed by atoms with Crippen LogP contribution in [0, 0.1) is 19.7 Å². The van der Waals surface area contributed by atoms with Crippen LogP contribution in [0.2, 0.25) is 0 Å². The van der Waals surface area contributed by atoms with Crippen LogP contribution in [0.5, 0.6) is 0 Å². The second kappa shape index (κ2) is 5.87. The zero-order chi connectivity index (χ0) is 15.6. The van der Waals surface area contributed by atoms with Gasteiger partial charge < -0.3 is 5.32 Å². The fourth-order valence-electron chi connectivity index (χ4n) is 2.13. The number of aryl methyl sites for hydroxylation is 2. The van der Waals surface area contributed by atoms with Crippen molar-refractivity contribution in [3.8, 4) is 0 Å². The molecule has 0 aliphatic heterocycles. The van der Waals surface area contributed by atoms with E-state index in [0.29, 0.717) is 17.1 Å². The van der Waals surface area contributed by atoms with Crippen molar-refractivity contribution in [1.29, 1.82) is 0 Å². The molecule has 1 aromatic heterocycles. The predicted octanol–water partition coefficient (Wildman–Crippen LogP) is 2.20. The van der Waals surface area contributed by atoms with E-state index >= 15 is 0 Å². The van der Waals surface area contributed by atoms with Crippen molar-refractivity contribution in [2.75, 3.05) is 5.32 Å². The first-order valence-electron chi connectivity index (χ1n) is 6.51. The first-order chi connectivity index (χ1) is 9.88. The van der Waals surface area contributed by atoms with Crippen LogP contribution in [0.15, 0.2) is 35.1 Å². The molecule has 1 amide bonds. The molecule has 0 aliphatic carbocycles. The summed E-state index contributed by atoms with van der Waals surface area (Å²) in [6, 6.07) is 6.46. The number of amides is 1. The molecule has 1 aromatic carbocycles. The number of anilines is 1. The van der Waals surface area contributed by atoms with E-state index in [0.717, 1.165) is 0 Å². The van der Waals surface area contributed by atoms with E-state index in [4.69, 9.17) is 0 Å². The fraction of sp³-hybridized carbons (Fsp3) is 0.267. The Kier molecular flexibility index (Phi) is 4.16. The van der Waals surface area contributed by atoms with Gasteiger partial charge in [0, 0.05) is 17.1 Å². The van der Waals surface area contributed by atoms with Crippen LogP contribution in [-0.4, -0.2) is 15.5 Å². The van der Waals surface area contributed by atoms with E-state index in [2.05, 4.69) is 10.3 Å². The third kappa shape index (κ3) is 3.34. The van der Waals surface area contributed by atoms with E-state index in [1.54, 1.807) is 26.8 Å². The number of nitrogens with zero attached hydrogens (tertiary/aromatic N) is 2. The monoisotopic (exact) mass is 289 g/mol. The smallest absolute Gasteiger partial charge is 0.324 e. The molecule has 5 nitrogen and oxygen atoms in total. The fourth-order valence-corrected chi connectivity index (χ4v) is 2.13. The zero-order valence-corrected chi connectivity index (χ0v) is 12.1. The molecular formula is C15H16FN3O2. The number of nitrogens with one attached hydrogen (secondary N) is 1. The summed E-state index contributed by atoms with van der Waals surface area (Å²) in [5, 5.41) is 2.64. The predicted molar refractivity (Wildman–Crippen MR) is 77.7 cm³/mol. The Morgan fingerprint density at radius 1 is 1.29 bits per heavy atom. The van der Waals surface area contributed by atoms with Crippen LogP contribution in [0.4, 0.5) is 10.1 Å². The van der Waals surface area contributed by atoms with Gasteiger partial charge in [-0.2, -0.15) is 4.98 Å². The van der Waals surface area contributed by atoms with Crippen LogP contribution in [0.3, 0.4) is 0 Å². The maximum Gasteiger partial charge on any atom is 0.348 e. The van der Waals surface area contributed by atoms with Crippen molar-refractivity contribution in [3.63, 3.8) is 0 Å². The highest BCUT2D eigenvalue weighted by atomic mass is 19.1. The third-order valence-electron chi connectivity index (χ3n) is 3.15. The number of rotatable bonds is 3. The highest BCUT2D eigenvalue weighted by molar-refractivity contribution is 5.93. The van der Waals surface area contributed by atoms with E-state index in [-0.39, 0.29) is 11.7 Å². The maximum absolute atomic E-state index is 12.8. The number of carbonyl (C=O) groups excluding carboxylic acids is 1. The number of hydrogen-bond donors (Lipinski definition) is 1. The van der Waals surface area contributed by atoms with Gasteiger partial charge in [0.15, 0.2) is 0 Å². The lowest BCUT2D eigenvalue weighted by Gasteiger charge is -2.17. The van der Waals surface area contributed by atoms with Gasteiger partial charge in [-0.05, 0) is 51.1 Å². The lowest BCUT2D eigenvalue weighted by molar-refractivity contribution is -0.118. The average Bonchev–Trinajstić information content (AvgIpc) is 2.40. The Labute approximate surface area is 121 Å². The molecule has 1 heterocycles. The molecular weight excluding hydrogens is 273 g/mol. The molecule has 0 saturated heterocycles. The van der Waals surface area contributed by atoms with E-state index in [1.165, 1.54) is 28.8 Å². The summed E-state index contributed by atoms with van der Waals surface area (Å²) in [5.41, 5.74) is 1.28. The summed E-state index contributed by atoms with van der Waals surface area (Å²) < 4.78 is 14.2. The van der Waals surface area contributed by atoms with Crippen LogP contribution < -0.4 is 11.0 Å². The molecule has 0 aliphatic rings. The summed E-state index contributed by atoms with van der Waals surface area (Å²) >= 11 is 0. The Hall–Kier alpha value is -2.50. The topological polar surface area (TPSA) is 64.0 Å². The number of benzene rings is 1. The normalized spacial score (nSPS) is 12.0. The first-order valence-corrected chi connectivity index (χ1v) is 6.51. The lowest BCUT2D eigenvalue weighted by atomic mass is 10.2. The standard InChI is InChI=1S/C15H16FN3O2/c1-9-8-10(2)19(15(21)17-9)11(3)14(20)18-13-6-4-12(16)5-7-13/h4-8,11H,1-3H3,(H,18,20)/t11-/m1/s1. The van der Waals surface area contributed by atoms with Crippen molar-refractivity contribution in [3.05, 3.63) is 58.0 Å². The van der Waals surface area contributed by atoms with Gasteiger partial charge in [0.25, 0.3) is 0 Å². The second-order valence-electron chi connectivity index (χ2n) is 4.86. The molecule has 110 valence electrons. The van der Waals surface area contributed by atoms with Crippen LogP contribution in [0.25, 0.3) is 0 Å². The van der Waals surface area contributed by atoms with Crippen molar-refractivity contribution >= 4 is 11.6 Å². The van der Waals surface area contributed by atoms with Gasteiger partial charge in [0.05, 0.1) is 0 Å². The molecule has 0 saturated carbocycles. The minimum absolute atomic E-state index is 0.363. The highest BCUT2D eigenvalue weighted by Crippen LogP contribution is 2.13. The highest BCUT2D eigenvalue weighted by Gasteiger charge is 2.18. The average molecular weight is 289 g/mol. The number of carbonyl (C=O) groups is 1. The molecule has 0 unspecified atom stereocenters. The van der Waals surface area contributed by atoms with Gasteiger partial charge in [0.1, 0.15) is 11.9 Å². The second-order valence-corrected chi connectivity index (χ2v) is 4.86. The maximum atomic E-state index is 12.8. The van der Waals surface area contributed by atoms with Gasteiger partial charge in [-0.1, -0.05) is 0 Å². The zero-order valence-electron chi connectivity index (χ0n) is 12.1. The molecule has 2 rings (SSSR count). The molecule has 6 heteroatoms. The largest absolute Gasteiger partial charge is 0.348 e. The molecule has 0 bridgehead atoms. The number of hydrogen-bond acceptors (Lipinski definition) is 3. The Morgan fingerprint density at radius 3 is 2.48 bits per heavy atom. The van der Waals surface area contributed by atoms with Gasteiger partial charge in [-0.3, -0.25) is 9.36 Å². The Balaban J connectivity index is 2.24. The number of halogens is 1. The van der Waals surface area contributed by atoms with Gasteiger partial charge in [0.2, 0.25) is 5.91 Å². The summed E-state index contributed by atoms with van der Waals surface area (Å²) in [6.07, 6.45) is 0. The first kappa shape index (κ1) is 14.9. The van der Waals surface area contributed by atoms with E-state index in [1.807, 2.05) is 0 Å². The van der Waals surface area contributed by atoms with Crippen LogP contribution in [0.1, 0.15) is 24.4 Å². The number of aromatic nitrogens is 2. The molecule has 0 radical (unpaired) electrons. The van der Waals surface area contributed by atoms with Crippen molar-refractivity contribution in [1.82, 2.24) is 9.55 Å². The molecule has 1 N–H and O–H groups in total. The molecule has 0 fully saturated rings. The summed E-state index contributed by atoms with van der Waals surface area (Å²) in [6.45, 7) is 5.09. The molecule has 2 aromatic rings. The SMILES string of the molecule is Cc1cc(C)n([C@H](C)C(=O)Nc2ccc(F)cc2)c(=O)n1. The van der Waals surface area contributed by atoms with Crippen LogP contribution >= 0.6 is 0 Å². The summed E-state index contributed by atoms with van der Waals surface area (Å²) in [7, 11) is 0. The quantitative estimate of drug-likeness (QED) is 0.942. The summed E-state index contributed by atoms with van der Waals surface area (Å²) in [5.74, 6) is -0.742.